The molecule has 38 heavy (non-hydrogen) atoms. The van der Waals surface area contributed by atoms with E-state index >= 15 is 0 Å². The minimum atomic E-state index is 0.677. The van der Waals surface area contributed by atoms with Crippen molar-refractivity contribution in [1.82, 2.24) is 40.4 Å². The highest BCUT2D eigenvalue weighted by atomic mass is 32.1. The van der Waals surface area contributed by atoms with Gasteiger partial charge in [0.25, 0.3) is 0 Å². The number of nitrogens with one attached hydrogen (secondary N) is 3. The fourth-order valence-corrected chi connectivity index (χ4v) is 6.32. The van der Waals surface area contributed by atoms with E-state index in [1.807, 2.05) is 30.9 Å². The summed E-state index contributed by atoms with van der Waals surface area (Å²) in [7, 11) is 0. The average molecular weight is 521 g/mol. The van der Waals surface area contributed by atoms with E-state index in [0.717, 1.165) is 63.5 Å². The Balaban J connectivity index is 1.20. The Hall–Kier alpha value is -3.95. The second kappa shape index (κ2) is 9.74. The summed E-state index contributed by atoms with van der Waals surface area (Å²) in [6.45, 7) is 4.01. The number of aromatic nitrogens is 7. The van der Waals surface area contributed by atoms with Crippen LogP contribution >= 0.6 is 11.3 Å². The third kappa shape index (κ3) is 4.37. The lowest BCUT2D eigenvalue weighted by atomic mass is 10.1. The number of pyridine rings is 3. The fourth-order valence-electron chi connectivity index (χ4n) is 5.42. The molecule has 8 nitrogen and oxygen atoms in total. The maximum Gasteiger partial charge on any atom is 0.178 e. The SMILES string of the molecule is Cc1ccc(-c2ccnc3nc(-c4n[nH]c5cnc(-c6cncc(CNCC7CCCC7)c6)cc45)[nH]c23)s1. The van der Waals surface area contributed by atoms with Gasteiger partial charge >= 0.3 is 0 Å². The van der Waals surface area contributed by atoms with E-state index in [1.54, 1.807) is 11.3 Å². The molecule has 0 aromatic carbocycles. The van der Waals surface area contributed by atoms with Crippen LogP contribution in [0.2, 0.25) is 0 Å². The molecule has 0 atom stereocenters. The molecular formula is C29H28N8S. The van der Waals surface area contributed by atoms with E-state index in [4.69, 9.17) is 9.97 Å². The molecule has 6 aromatic heterocycles. The van der Waals surface area contributed by atoms with Crippen molar-refractivity contribution in [3.05, 3.63) is 65.6 Å². The normalized spacial score (nSPS) is 14.2. The minimum absolute atomic E-state index is 0.677. The van der Waals surface area contributed by atoms with E-state index in [-0.39, 0.29) is 0 Å². The molecule has 7 rings (SSSR count). The zero-order valence-electron chi connectivity index (χ0n) is 21.2. The number of nitrogens with zero attached hydrogens (tertiary/aromatic N) is 5. The summed E-state index contributed by atoms with van der Waals surface area (Å²) < 4.78 is 0. The predicted octanol–water partition coefficient (Wildman–Crippen LogP) is 6.27. The molecule has 0 radical (unpaired) electrons. The molecule has 1 aliphatic carbocycles. The molecule has 0 spiro atoms. The Bertz CT molecular complexity index is 1740. The second-order valence-corrected chi connectivity index (χ2v) is 11.4. The van der Waals surface area contributed by atoms with Gasteiger partial charge in [-0.3, -0.25) is 15.1 Å². The van der Waals surface area contributed by atoms with Gasteiger partial charge in [0.05, 0.1) is 22.9 Å². The summed E-state index contributed by atoms with van der Waals surface area (Å²) in [6.07, 6.45) is 12.9. The molecule has 1 saturated carbocycles. The minimum Gasteiger partial charge on any atom is -0.335 e. The number of rotatable bonds is 7. The smallest absolute Gasteiger partial charge is 0.178 e. The van der Waals surface area contributed by atoms with Crippen LogP contribution in [0.3, 0.4) is 0 Å². The van der Waals surface area contributed by atoms with Crippen LogP contribution in [0.15, 0.2) is 55.1 Å². The van der Waals surface area contributed by atoms with Crippen LogP contribution in [-0.4, -0.2) is 41.7 Å². The Morgan fingerprint density at radius 2 is 1.97 bits per heavy atom. The van der Waals surface area contributed by atoms with Crippen molar-refractivity contribution in [3.63, 3.8) is 0 Å². The number of fused-ring (bicyclic) bond motifs is 2. The Labute approximate surface area is 224 Å². The van der Waals surface area contributed by atoms with Crippen molar-refractivity contribution in [2.24, 2.45) is 5.92 Å². The summed E-state index contributed by atoms with van der Waals surface area (Å²) in [5, 5.41) is 12.3. The molecular weight excluding hydrogens is 492 g/mol. The molecule has 0 saturated heterocycles. The van der Waals surface area contributed by atoms with Gasteiger partial charge in [0.15, 0.2) is 11.5 Å². The predicted molar refractivity (Wildman–Crippen MR) is 152 cm³/mol. The first-order valence-electron chi connectivity index (χ1n) is 13.1. The van der Waals surface area contributed by atoms with E-state index in [0.29, 0.717) is 11.5 Å². The zero-order chi connectivity index (χ0) is 25.5. The molecule has 0 bridgehead atoms. The van der Waals surface area contributed by atoms with Gasteiger partial charge < -0.3 is 10.3 Å². The summed E-state index contributed by atoms with van der Waals surface area (Å²) in [6, 6.07) is 10.5. The van der Waals surface area contributed by atoms with Crippen LogP contribution in [0.1, 0.15) is 36.1 Å². The number of hydrogen-bond donors (Lipinski definition) is 3. The maximum absolute atomic E-state index is 4.80. The van der Waals surface area contributed by atoms with Gasteiger partial charge in [-0.2, -0.15) is 5.10 Å². The first-order chi connectivity index (χ1) is 18.7. The maximum atomic E-state index is 4.80. The number of hydrogen-bond acceptors (Lipinski definition) is 7. The Morgan fingerprint density at radius 1 is 1.05 bits per heavy atom. The fraction of sp³-hybridized carbons (Fsp3) is 0.276. The third-order valence-electron chi connectivity index (χ3n) is 7.40. The molecule has 0 aliphatic heterocycles. The lowest BCUT2D eigenvalue weighted by molar-refractivity contribution is 0.489. The van der Waals surface area contributed by atoms with Crippen LogP contribution in [0, 0.1) is 12.8 Å². The van der Waals surface area contributed by atoms with Gasteiger partial charge in [-0.05, 0) is 68.1 Å². The quantitative estimate of drug-likeness (QED) is 0.229. The largest absolute Gasteiger partial charge is 0.335 e. The average Bonchev–Trinajstić information content (AvgIpc) is 3.74. The molecule has 1 aliphatic rings. The van der Waals surface area contributed by atoms with Crippen LogP contribution in [0.25, 0.3) is 55.3 Å². The molecule has 6 aromatic rings. The van der Waals surface area contributed by atoms with E-state index < -0.39 is 0 Å². The number of aromatic amines is 2. The molecule has 1 fully saturated rings. The summed E-state index contributed by atoms with van der Waals surface area (Å²) in [5.74, 6) is 1.49. The zero-order valence-corrected chi connectivity index (χ0v) is 22.0. The van der Waals surface area contributed by atoms with E-state index in [1.165, 1.54) is 35.4 Å². The van der Waals surface area contributed by atoms with Crippen LogP contribution in [0.5, 0.6) is 0 Å². The highest BCUT2D eigenvalue weighted by Crippen LogP contribution is 2.34. The van der Waals surface area contributed by atoms with Crippen molar-refractivity contribution in [3.8, 4) is 33.2 Å². The molecule has 0 amide bonds. The van der Waals surface area contributed by atoms with Crippen molar-refractivity contribution in [2.75, 3.05) is 6.54 Å². The number of imidazole rings is 1. The van der Waals surface area contributed by atoms with Crippen molar-refractivity contribution in [2.45, 2.75) is 39.2 Å². The van der Waals surface area contributed by atoms with Gasteiger partial charge in [-0.15, -0.1) is 11.3 Å². The van der Waals surface area contributed by atoms with E-state index in [9.17, 15) is 0 Å². The van der Waals surface area contributed by atoms with Crippen molar-refractivity contribution < 1.29 is 0 Å². The molecule has 190 valence electrons. The highest BCUT2D eigenvalue weighted by molar-refractivity contribution is 7.15. The van der Waals surface area contributed by atoms with Crippen LogP contribution in [0.4, 0.5) is 0 Å². The topological polar surface area (TPSA) is 108 Å². The molecule has 0 unspecified atom stereocenters. The third-order valence-corrected chi connectivity index (χ3v) is 8.43. The van der Waals surface area contributed by atoms with Gasteiger partial charge in [0.1, 0.15) is 5.69 Å². The van der Waals surface area contributed by atoms with Crippen LogP contribution < -0.4 is 5.32 Å². The summed E-state index contributed by atoms with van der Waals surface area (Å²) >= 11 is 1.76. The van der Waals surface area contributed by atoms with Gasteiger partial charge in [0.2, 0.25) is 0 Å². The lowest BCUT2D eigenvalue weighted by Crippen LogP contribution is -2.20. The van der Waals surface area contributed by atoms with Gasteiger partial charge in [-0.25, -0.2) is 9.97 Å². The number of H-pyrrole nitrogens is 2. The summed E-state index contributed by atoms with van der Waals surface area (Å²) in [5.41, 5.74) is 7.29. The first-order valence-corrected chi connectivity index (χ1v) is 13.9. The molecule has 6 heterocycles. The first kappa shape index (κ1) is 23.2. The van der Waals surface area contributed by atoms with Gasteiger partial charge in [-0.1, -0.05) is 12.8 Å². The second-order valence-electron chi connectivity index (χ2n) is 10.1. The molecule has 3 N–H and O–H groups in total. The highest BCUT2D eigenvalue weighted by Gasteiger charge is 2.18. The van der Waals surface area contributed by atoms with E-state index in [2.05, 4.69) is 61.7 Å². The molecule has 9 heteroatoms. The standard InChI is InChI=1S/C29H28N8S/c1-17-6-7-25(38-17)21-8-9-32-28-26(21)34-29(35-28)27-22-11-23(33-16-24(22)36-37-27)20-10-19(14-31-15-20)13-30-12-18-4-2-3-5-18/h6-11,14-16,18,30H,2-5,12-13H2,1H3,(H,36,37)(H,32,34,35). The van der Waals surface area contributed by atoms with Crippen molar-refractivity contribution >= 4 is 33.4 Å². The monoisotopic (exact) mass is 520 g/mol. The Morgan fingerprint density at radius 3 is 2.84 bits per heavy atom. The summed E-state index contributed by atoms with van der Waals surface area (Å²) in [4.78, 5) is 24.4. The number of thiophene rings is 1. The van der Waals surface area contributed by atoms with Crippen LogP contribution in [-0.2, 0) is 6.54 Å². The number of aryl methyl sites for hydroxylation is 1. The van der Waals surface area contributed by atoms with Gasteiger partial charge in [0, 0.05) is 51.4 Å². The Kier molecular flexibility index (Phi) is 5.94. The van der Waals surface area contributed by atoms with Crippen molar-refractivity contribution in [1.29, 1.82) is 0 Å². The lowest BCUT2D eigenvalue weighted by Gasteiger charge is -2.11.